The monoisotopic (exact) mass is 262 g/mol. The molecule has 2 aliphatic heterocycles. The van der Waals surface area contributed by atoms with Crippen LogP contribution in [-0.4, -0.2) is 29.6 Å². The van der Waals surface area contributed by atoms with E-state index in [-0.39, 0.29) is 10.6 Å². The lowest BCUT2D eigenvalue weighted by Gasteiger charge is -2.27. The summed E-state index contributed by atoms with van der Waals surface area (Å²) in [7, 11) is 0. The molecule has 1 aromatic carbocycles. The van der Waals surface area contributed by atoms with Crippen molar-refractivity contribution in [2.24, 2.45) is 0 Å². The number of nitrogens with zero attached hydrogens (tertiary/aromatic N) is 2. The van der Waals surface area contributed by atoms with Crippen molar-refractivity contribution in [1.29, 1.82) is 0 Å². The van der Waals surface area contributed by atoms with E-state index in [1.54, 1.807) is 6.07 Å². The van der Waals surface area contributed by atoms with Crippen molar-refractivity contribution < 1.29 is 4.92 Å². The summed E-state index contributed by atoms with van der Waals surface area (Å²) >= 11 is 0. The van der Waals surface area contributed by atoms with Crippen LogP contribution < -0.4 is 10.7 Å². The largest absolute Gasteiger partial charge is 0.384 e. The molecule has 0 atom stereocenters. The summed E-state index contributed by atoms with van der Waals surface area (Å²) < 4.78 is 0. The summed E-state index contributed by atoms with van der Waals surface area (Å²) in [5, 5.41) is 16.5. The maximum absolute atomic E-state index is 11.2. The third-order valence-electron chi connectivity index (χ3n) is 3.76. The van der Waals surface area contributed by atoms with Crippen LogP contribution in [0.5, 0.6) is 0 Å². The fraction of sp³-hybridized carbons (Fsp3) is 0.538. The molecular formula is C13H18N4O2. The van der Waals surface area contributed by atoms with Gasteiger partial charge in [-0.2, -0.15) is 0 Å². The van der Waals surface area contributed by atoms with Crippen molar-refractivity contribution in [3.63, 3.8) is 0 Å². The minimum Gasteiger partial charge on any atom is -0.384 e. The van der Waals surface area contributed by atoms with E-state index in [1.807, 2.05) is 6.07 Å². The molecule has 0 amide bonds. The van der Waals surface area contributed by atoms with E-state index >= 15 is 0 Å². The van der Waals surface area contributed by atoms with E-state index in [0.717, 1.165) is 50.1 Å². The van der Waals surface area contributed by atoms with Crippen LogP contribution in [-0.2, 0) is 6.42 Å². The van der Waals surface area contributed by atoms with Crippen molar-refractivity contribution in [2.45, 2.75) is 25.7 Å². The minimum absolute atomic E-state index is 0.174. The summed E-state index contributed by atoms with van der Waals surface area (Å²) in [4.78, 5) is 10.9. The number of nitro groups is 1. The van der Waals surface area contributed by atoms with Gasteiger partial charge in [0.25, 0.3) is 5.69 Å². The number of hydrogen-bond donors (Lipinski definition) is 2. The normalized spacial score (nSPS) is 18.7. The summed E-state index contributed by atoms with van der Waals surface area (Å²) in [6, 6.07) is 3.57. The van der Waals surface area contributed by atoms with E-state index in [2.05, 4.69) is 15.8 Å². The third-order valence-corrected chi connectivity index (χ3v) is 3.76. The number of hydrazine groups is 1. The zero-order valence-corrected chi connectivity index (χ0v) is 10.8. The summed E-state index contributed by atoms with van der Waals surface area (Å²) in [5.41, 5.74) is 6.04. The highest BCUT2D eigenvalue weighted by Crippen LogP contribution is 2.34. The van der Waals surface area contributed by atoms with Crippen LogP contribution >= 0.6 is 0 Å². The van der Waals surface area contributed by atoms with Gasteiger partial charge in [0.15, 0.2) is 0 Å². The van der Waals surface area contributed by atoms with Gasteiger partial charge in [0.1, 0.15) is 5.69 Å². The van der Waals surface area contributed by atoms with E-state index in [9.17, 15) is 10.1 Å². The molecule has 19 heavy (non-hydrogen) atoms. The standard InChI is InChI=1S/C13H18N4O2/c18-17(19)13-8-10-4-5-14-11(10)9-12(13)15-16-6-2-1-3-7-16/h8-9,14-15H,1-7H2. The molecule has 6 nitrogen and oxygen atoms in total. The van der Waals surface area contributed by atoms with E-state index in [4.69, 9.17) is 0 Å². The summed E-state index contributed by atoms with van der Waals surface area (Å²) in [6.45, 7) is 2.75. The average molecular weight is 262 g/mol. The van der Waals surface area contributed by atoms with Crippen molar-refractivity contribution in [1.82, 2.24) is 5.01 Å². The van der Waals surface area contributed by atoms with Gasteiger partial charge in [0.05, 0.1) is 4.92 Å². The molecule has 0 aliphatic carbocycles. The van der Waals surface area contributed by atoms with Gasteiger partial charge in [0, 0.05) is 31.4 Å². The summed E-state index contributed by atoms with van der Waals surface area (Å²) in [6.07, 6.45) is 4.39. The van der Waals surface area contributed by atoms with Crippen LogP contribution in [0.3, 0.4) is 0 Å². The van der Waals surface area contributed by atoms with Crippen LogP contribution in [0.4, 0.5) is 17.1 Å². The van der Waals surface area contributed by atoms with Crippen LogP contribution in [0.2, 0.25) is 0 Å². The minimum atomic E-state index is -0.301. The highest BCUT2D eigenvalue weighted by atomic mass is 16.6. The van der Waals surface area contributed by atoms with Gasteiger partial charge >= 0.3 is 0 Å². The average Bonchev–Trinajstić information content (AvgIpc) is 2.86. The Labute approximate surface area is 111 Å². The number of anilines is 2. The van der Waals surface area contributed by atoms with Crippen molar-refractivity contribution in [3.8, 4) is 0 Å². The maximum Gasteiger partial charge on any atom is 0.294 e. The molecule has 0 unspecified atom stereocenters. The van der Waals surface area contributed by atoms with Crippen LogP contribution in [0.15, 0.2) is 12.1 Å². The first-order chi connectivity index (χ1) is 9.24. The van der Waals surface area contributed by atoms with E-state index < -0.39 is 0 Å². The number of piperidine rings is 1. The molecule has 0 saturated carbocycles. The van der Waals surface area contributed by atoms with E-state index in [0.29, 0.717) is 5.69 Å². The third kappa shape index (κ3) is 2.49. The molecule has 2 heterocycles. The summed E-state index contributed by atoms with van der Waals surface area (Å²) in [5.74, 6) is 0. The number of fused-ring (bicyclic) bond motifs is 1. The Bertz CT molecular complexity index is 498. The molecule has 0 aromatic heterocycles. The number of benzene rings is 1. The molecule has 6 heteroatoms. The molecule has 1 aromatic rings. The molecule has 102 valence electrons. The predicted octanol–water partition coefficient (Wildman–Crippen LogP) is 2.38. The highest BCUT2D eigenvalue weighted by molar-refractivity contribution is 5.72. The Morgan fingerprint density at radius 2 is 2.05 bits per heavy atom. The lowest BCUT2D eigenvalue weighted by molar-refractivity contribution is -0.384. The smallest absolute Gasteiger partial charge is 0.294 e. The molecule has 2 N–H and O–H groups in total. The maximum atomic E-state index is 11.2. The Hall–Kier alpha value is -1.82. The Balaban J connectivity index is 1.87. The molecule has 1 fully saturated rings. The lowest BCUT2D eigenvalue weighted by atomic mass is 10.1. The van der Waals surface area contributed by atoms with Gasteiger partial charge in [-0.1, -0.05) is 6.42 Å². The fourth-order valence-electron chi connectivity index (χ4n) is 2.75. The van der Waals surface area contributed by atoms with Gasteiger partial charge in [-0.3, -0.25) is 10.1 Å². The second kappa shape index (κ2) is 5.05. The number of nitrogens with one attached hydrogen (secondary N) is 2. The van der Waals surface area contributed by atoms with Crippen molar-refractivity contribution in [2.75, 3.05) is 30.4 Å². The van der Waals surface area contributed by atoms with Gasteiger partial charge < -0.3 is 10.7 Å². The quantitative estimate of drug-likeness (QED) is 0.646. The van der Waals surface area contributed by atoms with Crippen LogP contribution in [0.1, 0.15) is 24.8 Å². The fourth-order valence-corrected chi connectivity index (χ4v) is 2.75. The Morgan fingerprint density at radius 3 is 2.79 bits per heavy atom. The van der Waals surface area contributed by atoms with Gasteiger partial charge in [0.2, 0.25) is 0 Å². The van der Waals surface area contributed by atoms with Crippen molar-refractivity contribution in [3.05, 3.63) is 27.8 Å². The Kier molecular flexibility index (Phi) is 3.25. The molecule has 0 bridgehead atoms. The molecule has 2 aliphatic rings. The molecule has 0 spiro atoms. The van der Waals surface area contributed by atoms with Gasteiger partial charge in [-0.25, -0.2) is 5.01 Å². The zero-order valence-electron chi connectivity index (χ0n) is 10.8. The van der Waals surface area contributed by atoms with Crippen LogP contribution in [0.25, 0.3) is 0 Å². The number of rotatable bonds is 3. The highest BCUT2D eigenvalue weighted by Gasteiger charge is 2.22. The molecule has 3 rings (SSSR count). The predicted molar refractivity (Wildman–Crippen MR) is 74.3 cm³/mol. The SMILES string of the molecule is O=[N+]([O-])c1cc2c(cc1NN1CCCCC1)NCC2. The van der Waals surface area contributed by atoms with Crippen LogP contribution in [0, 0.1) is 10.1 Å². The first kappa shape index (κ1) is 12.2. The van der Waals surface area contributed by atoms with E-state index in [1.165, 1.54) is 6.42 Å². The topological polar surface area (TPSA) is 70.4 Å². The number of nitro benzene ring substituents is 1. The molecule has 1 saturated heterocycles. The Morgan fingerprint density at radius 1 is 1.26 bits per heavy atom. The first-order valence-electron chi connectivity index (χ1n) is 6.81. The second-order valence-corrected chi connectivity index (χ2v) is 5.12. The second-order valence-electron chi connectivity index (χ2n) is 5.12. The lowest BCUT2D eigenvalue weighted by Crippen LogP contribution is -2.35. The molecular weight excluding hydrogens is 244 g/mol. The van der Waals surface area contributed by atoms with Gasteiger partial charge in [-0.15, -0.1) is 0 Å². The number of hydrogen-bond acceptors (Lipinski definition) is 5. The zero-order chi connectivity index (χ0) is 13.2. The van der Waals surface area contributed by atoms with Crippen molar-refractivity contribution >= 4 is 17.1 Å². The first-order valence-corrected chi connectivity index (χ1v) is 6.81. The van der Waals surface area contributed by atoms with Gasteiger partial charge in [-0.05, 0) is 30.9 Å². The molecule has 0 radical (unpaired) electrons.